The quantitative estimate of drug-likeness (QED) is 0.900. The normalized spacial score (nSPS) is 12.2. The van der Waals surface area contributed by atoms with Crippen LogP contribution in [0.4, 0.5) is 0 Å². The van der Waals surface area contributed by atoms with Crippen LogP contribution in [0.15, 0.2) is 46.2 Å². The summed E-state index contributed by atoms with van der Waals surface area (Å²) in [5, 5.41) is 0. The van der Waals surface area contributed by atoms with Gasteiger partial charge in [0.05, 0.1) is 7.11 Å². The number of methoxy groups -OCH3 is 1. The second kappa shape index (κ2) is 6.33. The van der Waals surface area contributed by atoms with E-state index in [9.17, 15) is 0 Å². The van der Waals surface area contributed by atoms with Crippen molar-refractivity contribution in [1.82, 2.24) is 0 Å². The highest BCUT2D eigenvalue weighted by Gasteiger charge is 2.14. The Bertz CT molecular complexity index is 608. The first-order valence-corrected chi connectivity index (χ1v) is 7.52. The Kier molecular flexibility index (Phi) is 4.73. The number of hydrogen-bond acceptors (Lipinski definition) is 3. The molecule has 0 aliphatic heterocycles. The van der Waals surface area contributed by atoms with Crippen molar-refractivity contribution in [1.29, 1.82) is 0 Å². The molecule has 2 rings (SSSR count). The number of ether oxygens (including phenoxy) is 1. The topological polar surface area (TPSA) is 35.2 Å². The molecular formula is C17H21NOS. The van der Waals surface area contributed by atoms with E-state index in [1.807, 2.05) is 19.1 Å². The lowest BCUT2D eigenvalue weighted by atomic mass is 10.1. The van der Waals surface area contributed by atoms with Crippen molar-refractivity contribution in [3.63, 3.8) is 0 Å². The zero-order valence-corrected chi connectivity index (χ0v) is 13.3. The summed E-state index contributed by atoms with van der Waals surface area (Å²) in [5.74, 6) is 0.857. The molecule has 0 aromatic heterocycles. The van der Waals surface area contributed by atoms with Crippen LogP contribution in [-0.2, 0) is 0 Å². The van der Waals surface area contributed by atoms with Gasteiger partial charge < -0.3 is 10.5 Å². The van der Waals surface area contributed by atoms with Gasteiger partial charge in [0.1, 0.15) is 5.75 Å². The highest BCUT2D eigenvalue weighted by molar-refractivity contribution is 7.99. The molecule has 1 atom stereocenters. The van der Waals surface area contributed by atoms with Crippen molar-refractivity contribution >= 4 is 11.8 Å². The highest BCUT2D eigenvalue weighted by atomic mass is 32.2. The Balaban J connectivity index is 2.45. The smallest absolute Gasteiger partial charge is 0.124 e. The van der Waals surface area contributed by atoms with E-state index >= 15 is 0 Å². The SMILES string of the molecule is COc1cccc(Sc2cc(C)ccc2C)c1[C@@H](C)N. The molecule has 20 heavy (non-hydrogen) atoms. The summed E-state index contributed by atoms with van der Waals surface area (Å²) in [4.78, 5) is 2.42. The van der Waals surface area contributed by atoms with Crippen LogP contribution in [0, 0.1) is 13.8 Å². The summed E-state index contributed by atoms with van der Waals surface area (Å²) in [6, 6.07) is 12.5. The third-order valence-corrected chi connectivity index (χ3v) is 4.50. The maximum Gasteiger partial charge on any atom is 0.124 e. The minimum atomic E-state index is -0.0567. The summed E-state index contributed by atoms with van der Waals surface area (Å²) >= 11 is 1.75. The summed E-state index contributed by atoms with van der Waals surface area (Å²) in [6.07, 6.45) is 0. The van der Waals surface area contributed by atoms with Crippen molar-refractivity contribution in [2.75, 3.05) is 7.11 Å². The fraction of sp³-hybridized carbons (Fsp3) is 0.294. The minimum Gasteiger partial charge on any atom is -0.496 e. The van der Waals surface area contributed by atoms with Gasteiger partial charge in [0, 0.05) is 21.4 Å². The van der Waals surface area contributed by atoms with Gasteiger partial charge in [0.2, 0.25) is 0 Å². The van der Waals surface area contributed by atoms with Crippen LogP contribution in [0.1, 0.15) is 29.7 Å². The maximum atomic E-state index is 6.12. The molecule has 106 valence electrons. The number of hydrogen-bond donors (Lipinski definition) is 1. The first-order valence-electron chi connectivity index (χ1n) is 6.70. The molecule has 0 radical (unpaired) electrons. The number of nitrogens with two attached hydrogens (primary N) is 1. The molecule has 0 aliphatic rings. The van der Waals surface area contributed by atoms with E-state index in [-0.39, 0.29) is 6.04 Å². The Morgan fingerprint density at radius 2 is 1.85 bits per heavy atom. The lowest BCUT2D eigenvalue weighted by molar-refractivity contribution is 0.405. The Morgan fingerprint density at radius 3 is 2.50 bits per heavy atom. The van der Waals surface area contributed by atoms with Crippen LogP contribution >= 0.6 is 11.8 Å². The maximum absolute atomic E-state index is 6.12. The van der Waals surface area contributed by atoms with Crippen LogP contribution in [0.5, 0.6) is 5.75 Å². The fourth-order valence-corrected chi connectivity index (χ4v) is 3.43. The summed E-state index contributed by atoms with van der Waals surface area (Å²) in [5.41, 5.74) is 9.73. The van der Waals surface area contributed by atoms with Crippen molar-refractivity contribution in [2.24, 2.45) is 5.73 Å². The van der Waals surface area contributed by atoms with Gasteiger partial charge in [-0.3, -0.25) is 0 Å². The van der Waals surface area contributed by atoms with Gasteiger partial charge >= 0.3 is 0 Å². The lowest BCUT2D eigenvalue weighted by Gasteiger charge is -2.17. The van der Waals surface area contributed by atoms with E-state index in [1.54, 1.807) is 18.9 Å². The Labute approximate surface area is 125 Å². The van der Waals surface area contributed by atoms with E-state index in [0.29, 0.717) is 0 Å². The molecule has 3 heteroatoms. The van der Waals surface area contributed by atoms with Crippen molar-refractivity contribution in [2.45, 2.75) is 36.6 Å². The molecule has 0 saturated carbocycles. The van der Waals surface area contributed by atoms with Gasteiger partial charge in [-0.1, -0.05) is 30.0 Å². The lowest BCUT2D eigenvalue weighted by Crippen LogP contribution is -2.08. The largest absolute Gasteiger partial charge is 0.496 e. The van der Waals surface area contributed by atoms with Crippen LogP contribution in [0.25, 0.3) is 0 Å². The Hall–Kier alpha value is -1.45. The Morgan fingerprint density at radius 1 is 1.10 bits per heavy atom. The van der Waals surface area contributed by atoms with Gasteiger partial charge in [-0.25, -0.2) is 0 Å². The molecule has 2 N–H and O–H groups in total. The molecule has 0 bridgehead atoms. The standard InChI is InChI=1S/C17H21NOS/c1-11-8-9-12(2)16(10-11)20-15-7-5-6-14(19-4)17(15)13(3)18/h5-10,13H,18H2,1-4H3/t13-/m1/s1. The fourth-order valence-electron chi connectivity index (χ4n) is 2.18. The zero-order valence-electron chi connectivity index (χ0n) is 12.4. The third kappa shape index (κ3) is 3.17. The second-order valence-corrected chi connectivity index (χ2v) is 6.12. The zero-order chi connectivity index (χ0) is 14.7. The molecule has 0 saturated heterocycles. The molecule has 2 aromatic carbocycles. The minimum absolute atomic E-state index is 0.0567. The van der Waals surface area contributed by atoms with E-state index in [2.05, 4.69) is 38.1 Å². The van der Waals surface area contributed by atoms with Crippen LogP contribution in [-0.4, -0.2) is 7.11 Å². The summed E-state index contributed by atoms with van der Waals surface area (Å²) in [6.45, 7) is 6.24. The average molecular weight is 287 g/mol. The number of rotatable bonds is 4. The molecular weight excluding hydrogens is 266 g/mol. The molecule has 0 amide bonds. The highest BCUT2D eigenvalue weighted by Crippen LogP contribution is 2.38. The van der Waals surface area contributed by atoms with Gasteiger partial charge in [-0.05, 0) is 50.1 Å². The van der Waals surface area contributed by atoms with Crippen molar-refractivity contribution in [3.05, 3.63) is 53.1 Å². The average Bonchev–Trinajstić information content (AvgIpc) is 2.42. The molecule has 0 fully saturated rings. The predicted molar refractivity (Wildman–Crippen MR) is 85.6 cm³/mol. The van der Waals surface area contributed by atoms with E-state index in [4.69, 9.17) is 10.5 Å². The summed E-state index contributed by atoms with van der Waals surface area (Å²) < 4.78 is 5.45. The van der Waals surface area contributed by atoms with Crippen LogP contribution in [0.3, 0.4) is 0 Å². The van der Waals surface area contributed by atoms with Crippen molar-refractivity contribution < 1.29 is 4.74 Å². The van der Waals surface area contributed by atoms with Gasteiger partial charge in [0.15, 0.2) is 0 Å². The van der Waals surface area contributed by atoms with Crippen molar-refractivity contribution in [3.8, 4) is 5.75 Å². The summed E-state index contributed by atoms with van der Waals surface area (Å²) in [7, 11) is 1.69. The van der Waals surface area contributed by atoms with E-state index < -0.39 is 0 Å². The van der Waals surface area contributed by atoms with Crippen LogP contribution in [0.2, 0.25) is 0 Å². The molecule has 0 aliphatic carbocycles. The van der Waals surface area contributed by atoms with E-state index in [0.717, 1.165) is 16.2 Å². The molecule has 2 aromatic rings. The van der Waals surface area contributed by atoms with Crippen LogP contribution < -0.4 is 10.5 Å². The molecule has 0 unspecified atom stereocenters. The monoisotopic (exact) mass is 287 g/mol. The number of aryl methyl sites for hydroxylation is 2. The molecule has 2 nitrogen and oxygen atoms in total. The van der Waals surface area contributed by atoms with Gasteiger partial charge in [0.25, 0.3) is 0 Å². The second-order valence-electron chi connectivity index (χ2n) is 5.03. The first-order chi connectivity index (χ1) is 9.52. The first kappa shape index (κ1) is 14.9. The molecule has 0 spiro atoms. The number of benzene rings is 2. The van der Waals surface area contributed by atoms with E-state index in [1.165, 1.54) is 16.0 Å². The van der Waals surface area contributed by atoms with Gasteiger partial charge in [-0.2, -0.15) is 0 Å². The van der Waals surface area contributed by atoms with Gasteiger partial charge in [-0.15, -0.1) is 0 Å². The predicted octanol–water partition coefficient (Wildman–Crippen LogP) is 4.48. The third-order valence-electron chi connectivity index (χ3n) is 3.26. The molecule has 0 heterocycles.